The molecule has 1 N–H and O–H groups in total. The summed E-state index contributed by atoms with van der Waals surface area (Å²) >= 11 is 11.8. The van der Waals surface area contributed by atoms with Gasteiger partial charge in [-0.05, 0) is 60.8 Å². The molecule has 2 heterocycles. The number of thiophene rings is 1. The predicted octanol–water partition coefficient (Wildman–Crippen LogP) is 4.33. The fourth-order valence-corrected chi connectivity index (χ4v) is 4.12. The fraction of sp³-hybridized carbons (Fsp3) is 0.300. The molecule has 2 aromatic rings. The smallest absolute Gasteiger partial charge is 0.131 e. The largest absolute Gasteiger partial charge is 0.381 e. The van der Waals surface area contributed by atoms with E-state index in [9.17, 15) is 5.11 Å². The monoisotopic (exact) mass is 442 g/mol. The van der Waals surface area contributed by atoms with Crippen LogP contribution in [0.3, 0.4) is 0 Å². The summed E-state index contributed by atoms with van der Waals surface area (Å²) in [5.41, 5.74) is 0.786. The van der Waals surface area contributed by atoms with Gasteiger partial charge in [0.05, 0.1) is 20.1 Å². The standard InChI is InChI=1S/C10H9Br3N2OS/c1-2-15-8(6(12)4-14-15)9(16)7-3-5(11)10(13)17-7/h3-4,9,16H,2H2,1H3. The number of hydrogen-bond acceptors (Lipinski definition) is 3. The molecule has 1 unspecified atom stereocenters. The summed E-state index contributed by atoms with van der Waals surface area (Å²) in [5, 5.41) is 14.6. The molecule has 0 aliphatic heterocycles. The van der Waals surface area contributed by atoms with Crippen molar-refractivity contribution >= 4 is 59.1 Å². The van der Waals surface area contributed by atoms with E-state index in [2.05, 4.69) is 52.9 Å². The second kappa shape index (κ2) is 5.52. The van der Waals surface area contributed by atoms with Crippen LogP contribution in [0.25, 0.3) is 0 Å². The average molecular weight is 445 g/mol. The number of nitrogens with zero attached hydrogens (tertiary/aromatic N) is 2. The molecular weight excluding hydrogens is 436 g/mol. The summed E-state index contributed by atoms with van der Waals surface area (Å²) in [5.74, 6) is 0. The van der Waals surface area contributed by atoms with E-state index in [1.165, 1.54) is 11.3 Å². The summed E-state index contributed by atoms with van der Waals surface area (Å²) in [6, 6.07) is 1.92. The molecule has 0 amide bonds. The normalized spacial score (nSPS) is 13.0. The first kappa shape index (κ1) is 13.7. The molecule has 2 rings (SSSR count). The first-order valence-corrected chi connectivity index (χ1v) is 8.08. The highest BCUT2D eigenvalue weighted by Crippen LogP contribution is 2.39. The van der Waals surface area contributed by atoms with Crippen LogP contribution in [0.1, 0.15) is 23.6 Å². The van der Waals surface area contributed by atoms with Gasteiger partial charge < -0.3 is 5.11 Å². The second-order valence-electron chi connectivity index (χ2n) is 3.37. The van der Waals surface area contributed by atoms with Gasteiger partial charge in [0.1, 0.15) is 6.10 Å². The zero-order chi connectivity index (χ0) is 12.6. The average Bonchev–Trinajstić information content (AvgIpc) is 2.82. The zero-order valence-electron chi connectivity index (χ0n) is 8.82. The number of aliphatic hydroxyl groups excluding tert-OH is 1. The van der Waals surface area contributed by atoms with Gasteiger partial charge in [-0.2, -0.15) is 5.10 Å². The fourth-order valence-electron chi connectivity index (χ4n) is 1.53. The highest BCUT2D eigenvalue weighted by atomic mass is 79.9. The van der Waals surface area contributed by atoms with Crippen molar-refractivity contribution < 1.29 is 5.11 Å². The summed E-state index contributed by atoms with van der Waals surface area (Å²) in [7, 11) is 0. The molecule has 92 valence electrons. The van der Waals surface area contributed by atoms with Crippen LogP contribution in [0, 0.1) is 0 Å². The molecule has 0 aromatic carbocycles. The van der Waals surface area contributed by atoms with Crippen molar-refractivity contribution in [3.63, 3.8) is 0 Å². The number of rotatable bonds is 3. The predicted molar refractivity (Wildman–Crippen MR) is 79.4 cm³/mol. The Labute approximate surface area is 128 Å². The van der Waals surface area contributed by atoms with Crippen molar-refractivity contribution in [2.45, 2.75) is 19.6 Å². The van der Waals surface area contributed by atoms with Gasteiger partial charge in [0.25, 0.3) is 0 Å². The van der Waals surface area contributed by atoms with Crippen LogP contribution in [0.4, 0.5) is 0 Å². The molecule has 1 atom stereocenters. The second-order valence-corrected chi connectivity index (χ2v) is 7.48. The van der Waals surface area contributed by atoms with Gasteiger partial charge in [-0.25, -0.2) is 0 Å². The first-order valence-electron chi connectivity index (χ1n) is 4.88. The Morgan fingerprint density at radius 1 is 1.41 bits per heavy atom. The summed E-state index contributed by atoms with van der Waals surface area (Å²) in [4.78, 5) is 0.875. The molecule has 0 spiro atoms. The van der Waals surface area contributed by atoms with E-state index < -0.39 is 6.10 Å². The van der Waals surface area contributed by atoms with Crippen LogP contribution < -0.4 is 0 Å². The molecule has 17 heavy (non-hydrogen) atoms. The molecule has 0 aliphatic carbocycles. The lowest BCUT2D eigenvalue weighted by atomic mass is 10.2. The molecule has 0 saturated carbocycles. The van der Waals surface area contributed by atoms with Crippen molar-refractivity contribution in [3.8, 4) is 0 Å². The Hall–Kier alpha value is 0.310. The van der Waals surface area contributed by atoms with Crippen LogP contribution in [0.15, 0.2) is 25.0 Å². The molecule has 0 fully saturated rings. The van der Waals surface area contributed by atoms with Gasteiger partial charge in [0.2, 0.25) is 0 Å². The van der Waals surface area contributed by atoms with E-state index in [0.717, 1.165) is 29.8 Å². The zero-order valence-corrected chi connectivity index (χ0v) is 14.4. The van der Waals surface area contributed by atoms with Gasteiger partial charge in [-0.15, -0.1) is 11.3 Å². The molecule has 0 radical (unpaired) electrons. The molecule has 0 saturated heterocycles. The van der Waals surface area contributed by atoms with Crippen LogP contribution in [-0.4, -0.2) is 14.9 Å². The van der Waals surface area contributed by atoms with Gasteiger partial charge in [-0.1, -0.05) is 0 Å². The SMILES string of the molecule is CCn1ncc(Br)c1C(O)c1cc(Br)c(Br)s1. The van der Waals surface area contributed by atoms with Gasteiger partial charge in [0, 0.05) is 15.9 Å². The van der Waals surface area contributed by atoms with E-state index in [-0.39, 0.29) is 0 Å². The Kier molecular flexibility index (Phi) is 4.46. The molecule has 0 aliphatic rings. The Morgan fingerprint density at radius 3 is 2.65 bits per heavy atom. The first-order chi connectivity index (χ1) is 8.04. The van der Waals surface area contributed by atoms with Crippen molar-refractivity contribution in [1.29, 1.82) is 0 Å². The van der Waals surface area contributed by atoms with Gasteiger partial charge >= 0.3 is 0 Å². The van der Waals surface area contributed by atoms with E-state index in [1.807, 2.05) is 13.0 Å². The van der Waals surface area contributed by atoms with Crippen molar-refractivity contribution in [3.05, 3.63) is 35.6 Å². The Bertz CT molecular complexity index is 518. The highest BCUT2D eigenvalue weighted by Gasteiger charge is 2.21. The minimum Gasteiger partial charge on any atom is -0.381 e. The van der Waals surface area contributed by atoms with Crippen LogP contribution >= 0.6 is 59.1 Å². The maximum absolute atomic E-state index is 10.4. The molecule has 2 aromatic heterocycles. The van der Waals surface area contributed by atoms with Crippen molar-refractivity contribution in [2.24, 2.45) is 0 Å². The van der Waals surface area contributed by atoms with Crippen molar-refractivity contribution in [2.75, 3.05) is 0 Å². The molecule has 3 nitrogen and oxygen atoms in total. The summed E-state index contributed by atoms with van der Waals surface area (Å²) in [6.07, 6.45) is 1.04. The van der Waals surface area contributed by atoms with E-state index in [0.29, 0.717) is 0 Å². The molecular formula is C10H9Br3N2OS. The number of halogens is 3. The van der Waals surface area contributed by atoms with E-state index >= 15 is 0 Å². The number of aliphatic hydroxyl groups is 1. The van der Waals surface area contributed by atoms with Crippen molar-refractivity contribution in [1.82, 2.24) is 9.78 Å². The lowest BCUT2D eigenvalue weighted by Crippen LogP contribution is -2.08. The van der Waals surface area contributed by atoms with Crippen LogP contribution in [0.5, 0.6) is 0 Å². The Morgan fingerprint density at radius 2 is 2.12 bits per heavy atom. The number of aromatic nitrogens is 2. The molecule has 0 bridgehead atoms. The summed E-state index contributed by atoms with van der Waals surface area (Å²) < 4.78 is 4.55. The highest BCUT2D eigenvalue weighted by molar-refractivity contribution is 9.13. The number of aryl methyl sites for hydroxylation is 1. The van der Waals surface area contributed by atoms with Gasteiger partial charge in [0.15, 0.2) is 0 Å². The third kappa shape index (κ3) is 2.68. The lowest BCUT2D eigenvalue weighted by molar-refractivity contribution is 0.211. The van der Waals surface area contributed by atoms with Gasteiger partial charge in [-0.3, -0.25) is 4.68 Å². The topological polar surface area (TPSA) is 38.0 Å². The van der Waals surface area contributed by atoms with E-state index in [1.54, 1.807) is 10.9 Å². The third-order valence-electron chi connectivity index (χ3n) is 2.33. The van der Waals surface area contributed by atoms with E-state index in [4.69, 9.17) is 0 Å². The van der Waals surface area contributed by atoms with Crippen LogP contribution in [-0.2, 0) is 6.54 Å². The van der Waals surface area contributed by atoms with Crippen LogP contribution in [0.2, 0.25) is 0 Å². The lowest BCUT2D eigenvalue weighted by Gasteiger charge is -2.11. The Balaban J connectivity index is 2.42. The maximum atomic E-state index is 10.4. The number of hydrogen-bond donors (Lipinski definition) is 1. The minimum absolute atomic E-state index is 0.667. The molecule has 7 heteroatoms. The summed E-state index contributed by atoms with van der Waals surface area (Å²) in [6.45, 7) is 2.72. The quantitative estimate of drug-likeness (QED) is 0.765. The minimum atomic E-state index is -0.667. The third-order valence-corrected chi connectivity index (χ3v) is 6.25. The maximum Gasteiger partial charge on any atom is 0.131 e.